The van der Waals surface area contributed by atoms with Crippen LogP contribution in [-0.4, -0.2) is 27.5 Å². The Labute approximate surface area is 164 Å². The number of hydrogen-bond donors (Lipinski definition) is 2. The van der Waals surface area contributed by atoms with Crippen LogP contribution in [0.4, 0.5) is 10.1 Å². The maximum Gasteiger partial charge on any atom is 0.255 e. The van der Waals surface area contributed by atoms with Crippen LogP contribution in [0.15, 0.2) is 41.3 Å². The molecule has 8 heteroatoms. The molecule has 1 aliphatic rings. The van der Waals surface area contributed by atoms with Crippen LogP contribution in [-0.2, 0) is 10.0 Å². The monoisotopic (exact) mass is 406 g/mol. The molecule has 0 aromatic heterocycles. The second kappa shape index (κ2) is 8.28. The summed E-state index contributed by atoms with van der Waals surface area (Å²) >= 11 is 0. The van der Waals surface area contributed by atoms with Gasteiger partial charge in [0.1, 0.15) is 16.5 Å². The van der Waals surface area contributed by atoms with Crippen molar-refractivity contribution in [1.82, 2.24) is 4.72 Å². The molecule has 2 N–H and O–H groups in total. The van der Waals surface area contributed by atoms with Gasteiger partial charge in [-0.1, -0.05) is 18.9 Å². The molecule has 0 saturated heterocycles. The average molecular weight is 406 g/mol. The summed E-state index contributed by atoms with van der Waals surface area (Å²) in [4.78, 5) is 12.4. The Balaban J connectivity index is 1.88. The molecule has 0 bridgehead atoms. The lowest BCUT2D eigenvalue weighted by Crippen LogP contribution is -2.33. The first-order chi connectivity index (χ1) is 13.3. The third-order valence-corrected chi connectivity index (χ3v) is 6.31. The molecule has 2 aromatic rings. The minimum atomic E-state index is -3.86. The highest BCUT2D eigenvalue weighted by Crippen LogP contribution is 2.28. The van der Waals surface area contributed by atoms with Crippen molar-refractivity contribution in [3.8, 4) is 5.75 Å². The van der Waals surface area contributed by atoms with Crippen molar-refractivity contribution in [3.63, 3.8) is 0 Å². The molecule has 6 nitrogen and oxygen atoms in total. The lowest BCUT2D eigenvalue weighted by Gasteiger charge is -2.16. The van der Waals surface area contributed by atoms with Crippen molar-refractivity contribution >= 4 is 21.6 Å². The summed E-state index contributed by atoms with van der Waals surface area (Å²) in [5.41, 5.74) is 0.846. The quantitative estimate of drug-likeness (QED) is 0.767. The van der Waals surface area contributed by atoms with Crippen LogP contribution in [0.2, 0.25) is 0 Å². The number of carbonyl (C=O) groups excluding carboxylic acids is 1. The summed E-state index contributed by atoms with van der Waals surface area (Å²) in [6.07, 6.45) is 3.53. The van der Waals surface area contributed by atoms with E-state index in [0.29, 0.717) is 0 Å². The van der Waals surface area contributed by atoms with E-state index >= 15 is 0 Å². The number of halogens is 1. The highest BCUT2D eigenvalue weighted by molar-refractivity contribution is 7.89. The van der Waals surface area contributed by atoms with Crippen molar-refractivity contribution in [2.45, 2.75) is 43.5 Å². The van der Waals surface area contributed by atoms with Crippen LogP contribution < -0.4 is 14.8 Å². The van der Waals surface area contributed by atoms with Crippen molar-refractivity contribution < 1.29 is 22.3 Å². The minimum absolute atomic E-state index is 0.0277. The number of carbonyl (C=O) groups is 1. The summed E-state index contributed by atoms with van der Waals surface area (Å²) < 4.78 is 47.5. The van der Waals surface area contributed by atoms with E-state index in [1.54, 1.807) is 13.0 Å². The van der Waals surface area contributed by atoms with Crippen molar-refractivity contribution in [2.75, 3.05) is 12.4 Å². The first kappa shape index (κ1) is 20.3. The summed E-state index contributed by atoms with van der Waals surface area (Å²) in [6.45, 7) is 1.74. The zero-order valence-corrected chi connectivity index (χ0v) is 16.6. The first-order valence-electron chi connectivity index (χ1n) is 9.08. The van der Waals surface area contributed by atoms with Gasteiger partial charge in [-0.2, -0.15) is 0 Å². The molecular weight excluding hydrogens is 383 g/mol. The van der Waals surface area contributed by atoms with E-state index in [4.69, 9.17) is 4.74 Å². The normalized spacial score (nSPS) is 14.8. The van der Waals surface area contributed by atoms with Gasteiger partial charge in [-0.25, -0.2) is 17.5 Å². The van der Waals surface area contributed by atoms with E-state index in [9.17, 15) is 17.6 Å². The molecule has 0 atom stereocenters. The maximum atomic E-state index is 14.0. The predicted octanol–water partition coefficient (Wildman–Crippen LogP) is 3.62. The van der Waals surface area contributed by atoms with Crippen LogP contribution in [0.5, 0.6) is 5.75 Å². The molecule has 0 unspecified atom stereocenters. The van der Waals surface area contributed by atoms with E-state index in [1.807, 2.05) is 0 Å². The Hall–Kier alpha value is -2.45. The Morgan fingerprint density at radius 2 is 1.86 bits per heavy atom. The minimum Gasteiger partial charge on any atom is -0.495 e. The van der Waals surface area contributed by atoms with E-state index in [-0.39, 0.29) is 27.9 Å². The SMILES string of the molecule is COc1ccc(C(=O)Nc2ccc(C)cc2F)cc1S(=O)(=O)NC1CCCC1. The summed E-state index contributed by atoms with van der Waals surface area (Å²) in [7, 11) is -2.49. The number of aryl methyl sites for hydroxylation is 1. The van der Waals surface area contributed by atoms with Crippen LogP contribution in [0.3, 0.4) is 0 Å². The third kappa shape index (κ3) is 4.51. The molecule has 1 amide bonds. The van der Waals surface area contributed by atoms with E-state index in [1.165, 1.54) is 37.4 Å². The topological polar surface area (TPSA) is 84.5 Å². The predicted molar refractivity (Wildman–Crippen MR) is 105 cm³/mol. The van der Waals surface area contributed by atoms with Crippen molar-refractivity contribution in [2.24, 2.45) is 0 Å². The first-order valence-corrected chi connectivity index (χ1v) is 10.6. The van der Waals surface area contributed by atoms with Gasteiger partial charge < -0.3 is 10.1 Å². The lowest BCUT2D eigenvalue weighted by atomic mass is 10.1. The fourth-order valence-corrected chi connectivity index (χ4v) is 4.77. The van der Waals surface area contributed by atoms with Gasteiger partial charge in [0.15, 0.2) is 0 Å². The van der Waals surface area contributed by atoms with Gasteiger partial charge in [-0.15, -0.1) is 0 Å². The molecule has 0 radical (unpaired) electrons. The number of benzene rings is 2. The van der Waals surface area contributed by atoms with E-state index < -0.39 is 21.7 Å². The third-order valence-electron chi connectivity index (χ3n) is 4.77. The number of nitrogens with one attached hydrogen (secondary N) is 2. The second-order valence-corrected chi connectivity index (χ2v) is 8.59. The molecule has 2 aromatic carbocycles. The van der Waals surface area contributed by atoms with Crippen LogP contribution >= 0.6 is 0 Å². The zero-order chi connectivity index (χ0) is 20.3. The molecule has 0 heterocycles. The molecule has 0 aliphatic heterocycles. The molecule has 1 saturated carbocycles. The second-order valence-electron chi connectivity index (χ2n) is 6.91. The summed E-state index contributed by atoms with van der Waals surface area (Å²) in [6, 6.07) is 8.44. The van der Waals surface area contributed by atoms with Gasteiger partial charge in [0, 0.05) is 11.6 Å². The van der Waals surface area contributed by atoms with Gasteiger partial charge in [-0.05, 0) is 55.7 Å². The highest BCUT2D eigenvalue weighted by atomic mass is 32.2. The van der Waals surface area contributed by atoms with Crippen molar-refractivity contribution in [1.29, 1.82) is 0 Å². The molecule has 1 aliphatic carbocycles. The fraction of sp³-hybridized carbons (Fsp3) is 0.350. The standard InChI is InChI=1S/C20H23FN2O4S/c1-13-7-9-17(16(21)11-13)22-20(24)14-8-10-18(27-2)19(12-14)28(25,26)23-15-5-3-4-6-15/h7-12,15,23H,3-6H2,1-2H3,(H,22,24). The van der Waals surface area contributed by atoms with Gasteiger partial charge >= 0.3 is 0 Å². The summed E-state index contributed by atoms with van der Waals surface area (Å²) in [5.74, 6) is -1.02. The Morgan fingerprint density at radius 3 is 2.50 bits per heavy atom. The number of sulfonamides is 1. The highest BCUT2D eigenvalue weighted by Gasteiger charge is 2.26. The lowest BCUT2D eigenvalue weighted by molar-refractivity contribution is 0.102. The molecule has 3 rings (SSSR count). The summed E-state index contributed by atoms with van der Waals surface area (Å²) in [5, 5.41) is 2.47. The van der Waals surface area contributed by atoms with Gasteiger partial charge in [0.2, 0.25) is 10.0 Å². The molecular formula is C20H23FN2O4S. The van der Waals surface area contributed by atoms with Crippen LogP contribution in [0.1, 0.15) is 41.6 Å². The van der Waals surface area contributed by atoms with Gasteiger partial charge in [0.05, 0.1) is 12.8 Å². The fourth-order valence-electron chi connectivity index (χ4n) is 3.27. The molecule has 0 spiro atoms. The smallest absolute Gasteiger partial charge is 0.255 e. The number of anilines is 1. The zero-order valence-electron chi connectivity index (χ0n) is 15.8. The largest absolute Gasteiger partial charge is 0.495 e. The molecule has 150 valence electrons. The Kier molecular flexibility index (Phi) is 6.00. The van der Waals surface area contributed by atoms with Crippen molar-refractivity contribution in [3.05, 3.63) is 53.3 Å². The van der Waals surface area contributed by atoms with E-state index in [0.717, 1.165) is 31.2 Å². The van der Waals surface area contributed by atoms with Gasteiger partial charge in [0.25, 0.3) is 5.91 Å². The molecule has 1 fully saturated rings. The van der Waals surface area contributed by atoms with E-state index in [2.05, 4.69) is 10.0 Å². The number of ether oxygens (including phenoxy) is 1. The Morgan fingerprint density at radius 1 is 1.14 bits per heavy atom. The van der Waals surface area contributed by atoms with Crippen LogP contribution in [0.25, 0.3) is 0 Å². The number of amides is 1. The molecule has 28 heavy (non-hydrogen) atoms. The number of methoxy groups -OCH3 is 1. The van der Waals surface area contributed by atoms with Crippen LogP contribution in [0, 0.1) is 12.7 Å². The number of rotatable bonds is 6. The Bertz CT molecular complexity index is 986. The average Bonchev–Trinajstić information content (AvgIpc) is 3.15. The number of hydrogen-bond acceptors (Lipinski definition) is 4. The van der Waals surface area contributed by atoms with Gasteiger partial charge in [-0.3, -0.25) is 4.79 Å². The maximum absolute atomic E-state index is 14.0.